The number of carbonyl (C=O) groups excluding carboxylic acids is 2. The molecule has 2 heterocycles. The van der Waals surface area contributed by atoms with E-state index < -0.39 is 0 Å². The van der Waals surface area contributed by atoms with Crippen molar-refractivity contribution in [3.05, 3.63) is 60.2 Å². The van der Waals surface area contributed by atoms with Crippen molar-refractivity contribution in [1.29, 1.82) is 0 Å². The summed E-state index contributed by atoms with van der Waals surface area (Å²) >= 11 is 0. The number of hydrogen-bond acceptors (Lipinski definition) is 4. The minimum absolute atomic E-state index is 0.0126. The molecule has 2 aromatic rings. The van der Waals surface area contributed by atoms with Crippen molar-refractivity contribution in [2.75, 3.05) is 44.7 Å². The van der Waals surface area contributed by atoms with E-state index in [1.165, 1.54) is 0 Å². The molecular formula is C24H29N3O3. The summed E-state index contributed by atoms with van der Waals surface area (Å²) in [4.78, 5) is 31.8. The quantitative estimate of drug-likeness (QED) is 0.765. The van der Waals surface area contributed by atoms with Gasteiger partial charge in [-0.1, -0.05) is 36.4 Å². The maximum Gasteiger partial charge on any atom is 0.228 e. The summed E-state index contributed by atoms with van der Waals surface area (Å²) in [6, 6.07) is 18.0. The van der Waals surface area contributed by atoms with Crippen LogP contribution in [0.15, 0.2) is 54.6 Å². The number of ether oxygens (including phenoxy) is 1. The Bertz CT molecular complexity index is 894. The van der Waals surface area contributed by atoms with Crippen LogP contribution in [-0.2, 0) is 9.59 Å². The van der Waals surface area contributed by atoms with Gasteiger partial charge in [0.05, 0.1) is 19.1 Å². The van der Waals surface area contributed by atoms with Crippen LogP contribution in [0.3, 0.4) is 0 Å². The molecule has 0 saturated carbocycles. The van der Waals surface area contributed by atoms with Crippen molar-refractivity contribution in [2.24, 2.45) is 5.92 Å². The molecule has 2 aromatic carbocycles. The first-order valence-electron chi connectivity index (χ1n) is 10.6. The van der Waals surface area contributed by atoms with Crippen LogP contribution in [0.4, 0.5) is 5.69 Å². The second-order valence-corrected chi connectivity index (χ2v) is 8.05. The highest BCUT2D eigenvalue weighted by Gasteiger charge is 2.39. The molecular weight excluding hydrogens is 378 g/mol. The Morgan fingerprint density at radius 3 is 2.47 bits per heavy atom. The predicted molar refractivity (Wildman–Crippen MR) is 116 cm³/mol. The summed E-state index contributed by atoms with van der Waals surface area (Å²) < 4.78 is 5.32. The molecule has 0 aromatic heterocycles. The van der Waals surface area contributed by atoms with E-state index in [1.807, 2.05) is 65.3 Å². The smallest absolute Gasteiger partial charge is 0.228 e. The summed E-state index contributed by atoms with van der Waals surface area (Å²) in [5.74, 6) is 0.770. The number of carbonyl (C=O) groups is 2. The molecule has 2 amide bonds. The molecule has 0 N–H and O–H groups in total. The molecule has 30 heavy (non-hydrogen) atoms. The van der Waals surface area contributed by atoms with Crippen LogP contribution in [-0.4, -0.2) is 61.4 Å². The van der Waals surface area contributed by atoms with Gasteiger partial charge in [0.2, 0.25) is 11.8 Å². The average molecular weight is 408 g/mol. The Hall–Kier alpha value is -3.02. The van der Waals surface area contributed by atoms with Crippen molar-refractivity contribution in [1.82, 2.24) is 9.80 Å². The molecule has 0 aliphatic carbocycles. The van der Waals surface area contributed by atoms with Gasteiger partial charge in [-0.2, -0.15) is 0 Å². The summed E-state index contributed by atoms with van der Waals surface area (Å²) in [5, 5.41) is 0. The van der Waals surface area contributed by atoms with Crippen LogP contribution in [0.25, 0.3) is 0 Å². The number of rotatable bonds is 5. The third-order valence-electron chi connectivity index (χ3n) is 6.27. The Labute approximate surface area is 178 Å². The average Bonchev–Trinajstić information content (AvgIpc) is 3.20. The van der Waals surface area contributed by atoms with Crippen LogP contribution in [0.5, 0.6) is 5.75 Å². The van der Waals surface area contributed by atoms with E-state index in [1.54, 1.807) is 7.11 Å². The number of hydrogen-bond donors (Lipinski definition) is 0. The summed E-state index contributed by atoms with van der Waals surface area (Å²) in [6.45, 7) is 5.45. The minimum Gasteiger partial charge on any atom is -0.497 e. The van der Waals surface area contributed by atoms with Crippen LogP contribution < -0.4 is 9.64 Å². The van der Waals surface area contributed by atoms with Crippen LogP contribution in [0, 0.1) is 5.92 Å². The number of benzene rings is 2. The van der Waals surface area contributed by atoms with Gasteiger partial charge < -0.3 is 19.4 Å². The van der Waals surface area contributed by atoms with E-state index in [0.29, 0.717) is 26.1 Å². The monoisotopic (exact) mass is 407 g/mol. The molecule has 0 bridgehead atoms. The molecule has 158 valence electrons. The molecule has 2 saturated heterocycles. The van der Waals surface area contributed by atoms with Gasteiger partial charge in [-0.25, -0.2) is 0 Å². The molecule has 6 heteroatoms. The summed E-state index contributed by atoms with van der Waals surface area (Å²) in [6.07, 6.45) is 0.312. The number of anilines is 1. The number of piperazine rings is 1. The standard InChI is InChI=1S/C24H29N3O3/c1-18(19-7-4-3-5-8-19)27-17-20(15-23(27)28)24(29)26-13-11-25(12-14-26)21-9-6-10-22(16-21)30-2/h3-10,16,18,20H,11-15,17H2,1-2H3/t18-,20+/m0/s1. The van der Waals surface area contributed by atoms with Gasteiger partial charge in [0, 0.05) is 50.9 Å². The summed E-state index contributed by atoms with van der Waals surface area (Å²) in [5.41, 5.74) is 2.21. The first kappa shape index (κ1) is 20.3. The number of likely N-dealkylation sites (tertiary alicyclic amines) is 1. The highest BCUT2D eigenvalue weighted by Crippen LogP contribution is 2.30. The highest BCUT2D eigenvalue weighted by molar-refractivity contribution is 5.89. The van der Waals surface area contributed by atoms with Gasteiger partial charge in [0.1, 0.15) is 5.75 Å². The Morgan fingerprint density at radius 2 is 1.77 bits per heavy atom. The maximum atomic E-state index is 13.1. The number of amides is 2. The van der Waals surface area contributed by atoms with Gasteiger partial charge in [-0.15, -0.1) is 0 Å². The fourth-order valence-corrected chi connectivity index (χ4v) is 4.43. The van der Waals surface area contributed by atoms with Crippen LogP contribution in [0.1, 0.15) is 24.9 Å². The van der Waals surface area contributed by atoms with Gasteiger partial charge in [-0.05, 0) is 24.6 Å². The Kier molecular flexibility index (Phi) is 5.93. The lowest BCUT2D eigenvalue weighted by molar-refractivity contribution is -0.136. The van der Waals surface area contributed by atoms with E-state index in [9.17, 15) is 9.59 Å². The van der Waals surface area contributed by atoms with Crippen molar-refractivity contribution in [2.45, 2.75) is 19.4 Å². The number of methoxy groups -OCH3 is 1. The van der Waals surface area contributed by atoms with E-state index in [4.69, 9.17) is 4.74 Å². The van der Waals surface area contributed by atoms with Gasteiger partial charge in [-0.3, -0.25) is 9.59 Å². The zero-order valence-corrected chi connectivity index (χ0v) is 17.7. The van der Waals surface area contributed by atoms with Gasteiger partial charge in [0.25, 0.3) is 0 Å². The lowest BCUT2D eigenvalue weighted by Crippen LogP contribution is -2.50. The second kappa shape index (κ2) is 8.78. The lowest BCUT2D eigenvalue weighted by Gasteiger charge is -2.37. The SMILES string of the molecule is COc1cccc(N2CCN(C(=O)[C@@H]3CC(=O)N([C@@H](C)c4ccccc4)C3)CC2)c1. The third-order valence-corrected chi connectivity index (χ3v) is 6.27. The van der Waals surface area contributed by atoms with Gasteiger partial charge >= 0.3 is 0 Å². The summed E-state index contributed by atoms with van der Waals surface area (Å²) in [7, 11) is 1.67. The van der Waals surface area contributed by atoms with Crippen molar-refractivity contribution in [3.8, 4) is 5.75 Å². The topological polar surface area (TPSA) is 53.1 Å². The molecule has 0 spiro atoms. The largest absolute Gasteiger partial charge is 0.497 e. The predicted octanol–water partition coefficient (Wildman–Crippen LogP) is 2.95. The van der Waals surface area contributed by atoms with Crippen LogP contribution in [0.2, 0.25) is 0 Å². The normalized spacial score (nSPS) is 20.4. The van der Waals surface area contributed by atoms with Crippen molar-refractivity contribution < 1.29 is 14.3 Å². The maximum absolute atomic E-state index is 13.1. The zero-order chi connectivity index (χ0) is 21.1. The lowest BCUT2D eigenvalue weighted by atomic mass is 10.1. The Balaban J connectivity index is 1.35. The highest BCUT2D eigenvalue weighted by atomic mass is 16.5. The first-order chi connectivity index (χ1) is 14.6. The van der Waals surface area contributed by atoms with Crippen molar-refractivity contribution in [3.63, 3.8) is 0 Å². The molecule has 6 nitrogen and oxygen atoms in total. The number of nitrogens with zero attached hydrogens (tertiary/aromatic N) is 3. The molecule has 2 aliphatic rings. The molecule has 0 unspecified atom stereocenters. The Morgan fingerprint density at radius 1 is 1.03 bits per heavy atom. The van der Waals surface area contributed by atoms with E-state index in [-0.39, 0.29) is 23.8 Å². The fourth-order valence-electron chi connectivity index (χ4n) is 4.43. The molecule has 0 radical (unpaired) electrons. The third kappa shape index (κ3) is 4.13. The van der Waals surface area contributed by atoms with E-state index in [0.717, 1.165) is 30.1 Å². The van der Waals surface area contributed by atoms with E-state index in [2.05, 4.69) is 11.0 Å². The molecule has 2 aliphatic heterocycles. The van der Waals surface area contributed by atoms with Gasteiger partial charge in [0.15, 0.2) is 0 Å². The van der Waals surface area contributed by atoms with E-state index >= 15 is 0 Å². The zero-order valence-electron chi connectivity index (χ0n) is 17.7. The molecule has 4 rings (SSSR count). The first-order valence-corrected chi connectivity index (χ1v) is 10.6. The van der Waals surface area contributed by atoms with Crippen LogP contribution >= 0.6 is 0 Å². The molecule has 2 atom stereocenters. The van der Waals surface area contributed by atoms with Crippen molar-refractivity contribution >= 4 is 17.5 Å². The second-order valence-electron chi connectivity index (χ2n) is 8.05. The fraction of sp³-hybridized carbons (Fsp3) is 0.417. The minimum atomic E-state index is -0.243. The molecule has 2 fully saturated rings.